The van der Waals surface area contributed by atoms with Crippen LogP contribution in [0, 0.1) is 6.42 Å². The summed E-state index contributed by atoms with van der Waals surface area (Å²) in [6, 6.07) is 0. The Bertz CT molecular complexity index is 157. The highest BCUT2D eigenvalue weighted by Gasteiger charge is 1.98. The van der Waals surface area contributed by atoms with Crippen molar-refractivity contribution in [3.8, 4) is 0 Å². The number of hydrogen-bond acceptors (Lipinski definition) is 3. The molecular weight excluding hydrogens is 156 g/mol. The lowest BCUT2D eigenvalue weighted by Crippen LogP contribution is -2.07. The van der Waals surface area contributed by atoms with Crippen LogP contribution in [0.1, 0.15) is 20.3 Å². The third kappa shape index (κ3) is 7.28. The van der Waals surface area contributed by atoms with Gasteiger partial charge in [-0.2, -0.15) is 0 Å². The lowest BCUT2D eigenvalue weighted by molar-refractivity contribution is -0.143. The van der Waals surface area contributed by atoms with Crippen molar-refractivity contribution in [1.82, 2.24) is 0 Å². The zero-order valence-corrected chi connectivity index (χ0v) is 7.54. The molecule has 0 bridgehead atoms. The van der Waals surface area contributed by atoms with Crippen LogP contribution in [0.4, 0.5) is 0 Å². The maximum Gasteiger partial charge on any atom is 0.308 e. The number of rotatable bonds is 5. The summed E-state index contributed by atoms with van der Waals surface area (Å²) >= 11 is 0. The standard InChI is InChI=1S/C9H15O3/c1-8(2)4-3-7-12-9(11)5-6-10/h3-4,10H,5-7H2,1-2H3. The first kappa shape index (κ1) is 11.2. The van der Waals surface area contributed by atoms with Crippen LogP contribution < -0.4 is 0 Å². The second kappa shape index (κ2) is 6.85. The van der Waals surface area contributed by atoms with Gasteiger partial charge >= 0.3 is 5.97 Å². The van der Waals surface area contributed by atoms with Crippen LogP contribution in [0.3, 0.4) is 0 Å². The van der Waals surface area contributed by atoms with Gasteiger partial charge in [0, 0.05) is 6.42 Å². The van der Waals surface area contributed by atoms with E-state index in [0.717, 1.165) is 5.57 Å². The number of hydrogen-bond donors (Lipinski definition) is 1. The van der Waals surface area contributed by atoms with Gasteiger partial charge in [-0.15, -0.1) is 0 Å². The van der Waals surface area contributed by atoms with E-state index in [-0.39, 0.29) is 25.6 Å². The fourth-order valence-electron chi connectivity index (χ4n) is 0.588. The molecule has 0 aromatic carbocycles. The summed E-state index contributed by atoms with van der Waals surface area (Å²) in [5.41, 5.74) is 1.16. The highest BCUT2D eigenvalue weighted by molar-refractivity contribution is 5.69. The molecule has 69 valence electrons. The predicted molar refractivity (Wildman–Crippen MR) is 46.4 cm³/mol. The fourth-order valence-corrected chi connectivity index (χ4v) is 0.588. The molecule has 0 aromatic heterocycles. The molecular formula is C9H15O3. The van der Waals surface area contributed by atoms with Crippen molar-refractivity contribution in [1.29, 1.82) is 0 Å². The van der Waals surface area contributed by atoms with Gasteiger partial charge in [0.05, 0.1) is 19.6 Å². The lowest BCUT2D eigenvalue weighted by Gasteiger charge is -2.00. The molecule has 1 radical (unpaired) electrons. The molecule has 1 N–H and O–H groups in total. The molecule has 0 spiro atoms. The number of ether oxygens (including phenoxy) is 1. The maximum absolute atomic E-state index is 10.7. The Morgan fingerprint density at radius 2 is 2.17 bits per heavy atom. The molecule has 0 unspecified atom stereocenters. The molecule has 0 aliphatic carbocycles. The molecule has 0 aromatic rings. The summed E-state index contributed by atoms with van der Waals surface area (Å²) in [5.74, 6) is -0.365. The van der Waals surface area contributed by atoms with Crippen molar-refractivity contribution in [2.45, 2.75) is 20.3 Å². The van der Waals surface area contributed by atoms with E-state index in [2.05, 4.69) is 0 Å². The topological polar surface area (TPSA) is 46.5 Å². The highest BCUT2D eigenvalue weighted by atomic mass is 16.5. The Hall–Kier alpha value is -0.830. The van der Waals surface area contributed by atoms with E-state index in [4.69, 9.17) is 9.84 Å². The Morgan fingerprint density at radius 1 is 1.50 bits per heavy atom. The summed E-state index contributed by atoms with van der Waals surface area (Å²) in [5, 5.41) is 8.36. The molecule has 0 atom stereocenters. The van der Waals surface area contributed by atoms with Gasteiger partial charge < -0.3 is 9.84 Å². The summed E-state index contributed by atoms with van der Waals surface area (Å²) in [6.07, 6.45) is 3.72. The fraction of sp³-hybridized carbons (Fsp3) is 0.556. The minimum atomic E-state index is -0.365. The molecule has 12 heavy (non-hydrogen) atoms. The second-order valence-electron chi connectivity index (χ2n) is 2.64. The number of carbonyl (C=O) groups excluding carboxylic acids is 1. The first-order valence-electron chi connectivity index (χ1n) is 3.90. The van der Waals surface area contributed by atoms with E-state index in [1.54, 1.807) is 6.42 Å². The van der Waals surface area contributed by atoms with E-state index < -0.39 is 0 Å². The van der Waals surface area contributed by atoms with Gasteiger partial charge in [-0.3, -0.25) is 4.79 Å². The molecule has 0 heterocycles. The first-order chi connectivity index (χ1) is 5.66. The normalized spacial score (nSPS) is 9.25. The molecule has 0 rings (SSSR count). The Balaban J connectivity index is 3.31. The molecule has 3 nitrogen and oxygen atoms in total. The van der Waals surface area contributed by atoms with Crippen molar-refractivity contribution in [3.63, 3.8) is 0 Å². The van der Waals surface area contributed by atoms with E-state index in [1.807, 2.05) is 19.9 Å². The number of aliphatic hydroxyl groups is 1. The third-order valence-electron chi connectivity index (χ3n) is 1.11. The summed E-state index contributed by atoms with van der Waals surface area (Å²) in [6.45, 7) is 4.06. The van der Waals surface area contributed by atoms with Gasteiger partial charge in [-0.25, -0.2) is 0 Å². The SMILES string of the molecule is CC(C)=C[CH]COC(=O)CCO. The Kier molecular flexibility index (Phi) is 6.38. The van der Waals surface area contributed by atoms with E-state index in [9.17, 15) is 4.79 Å². The Labute approximate surface area is 73.0 Å². The van der Waals surface area contributed by atoms with Crippen LogP contribution >= 0.6 is 0 Å². The van der Waals surface area contributed by atoms with Gasteiger partial charge in [-0.1, -0.05) is 11.6 Å². The van der Waals surface area contributed by atoms with Crippen molar-refractivity contribution in [2.24, 2.45) is 0 Å². The summed E-state index contributed by atoms with van der Waals surface area (Å²) < 4.78 is 4.73. The van der Waals surface area contributed by atoms with Crippen molar-refractivity contribution in [3.05, 3.63) is 18.1 Å². The molecule has 0 amide bonds. The molecule has 0 saturated carbocycles. The first-order valence-corrected chi connectivity index (χ1v) is 3.90. The minimum absolute atomic E-state index is 0.0721. The molecule has 3 heteroatoms. The number of esters is 1. The van der Waals surface area contributed by atoms with Crippen LogP contribution in [0.5, 0.6) is 0 Å². The van der Waals surface area contributed by atoms with Gasteiger partial charge in [0.25, 0.3) is 0 Å². The van der Waals surface area contributed by atoms with Crippen molar-refractivity contribution < 1.29 is 14.6 Å². The van der Waals surface area contributed by atoms with Gasteiger partial charge in [0.2, 0.25) is 0 Å². The van der Waals surface area contributed by atoms with Crippen LogP contribution in [0.15, 0.2) is 11.6 Å². The van der Waals surface area contributed by atoms with E-state index >= 15 is 0 Å². The minimum Gasteiger partial charge on any atom is -0.465 e. The quantitative estimate of drug-likeness (QED) is 0.497. The molecule has 0 aliphatic rings. The summed E-state index contributed by atoms with van der Waals surface area (Å²) in [4.78, 5) is 10.7. The average Bonchev–Trinajstić information content (AvgIpc) is 1.98. The van der Waals surface area contributed by atoms with E-state index in [1.165, 1.54) is 0 Å². The monoisotopic (exact) mass is 171 g/mol. The average molecular weight is 171 g/mol. The smallest absolute Gasteiger partial charge is 0.308 e. The number of carbonyl (C=O) groups is 1. The summed E-state index contributed by atoms with van der Waals surface area (Å²) in [7, 11) is 0. The molecule has 0 aliphatic heterocycles. The largest absolute Gasteiger partial charge is 0.465 e. The highest BCUT2D eigenvalue weighted by Crippen LogP contribution is 1.93. The molecule has 0 saturated heterocycles. The zero-order valence-electron chi connectivity index (χ0n) is 7.54. The molecule has 0 fully saturated rings. The number of aliphatic hydroxyl groups excluding tert-OH is 1. The number of allylic oxidation sites excluding steroid dienone is 1. The van der Waals surface area contributed by atoms with Gasteiger partial charge in [0.1, 0.15) is 0 Å². The van der Waals surface area contributed by atoms with Gasteiger partial charge in [0.15, 0.2) is 0 Å². The van der Waals surface area contributed by atoms with E-state index in [0.29, 0.717) is 0 Å². The predicted octanol–water partition coefficient (Wildman–Crippen LogP) is 1.08. The maximum atomic E-state index is 10.7. The second-order valence-corrected chi connectivity index (χ2v) is 2.64. The van der Waals surface area contributed by atoms with Gasteiger partial charge in [-0.05, 0) is 13.8 Å². The third-order valence-corrected chi connectivity index (χ3v) is 1.11. The van der Waals surface area contributed by atoms with Crippen molar-refractivity contribution >= 4 is 5.97 Å². The Morgan fingerprint density at radius 3 is 2.67 bits per heavy atom. The van der Waals surface area contributed by atoms with Crippen LogP contribution in [0.25, 0.3) is 0 Å². The van der Waals surface area contributed by atoms with Crippen LogP contribution in [-0.2, 0) is 9.53 Å². The zero-order chi connectivity index (χ0) is 9.40. The van der Waals surface area contributed by atoms with Crippen LogP contribution in [-0.4, -0.2) is 24.3 Å². The van der Waals surface area contributed by atoms with Crippen LogP contribution in [0.2, 0.25) is 0 Å². The van der Waals surface area contributed by atoms with Crippen molar-refractivity contribution in [2.75, 3.05) is 13.2 Å². The lowest BCUT2D eigenvalue weighted by atomic mass is 10.3.